The Morgan fingerprint density at radius 2 is 1.89 bits per heavy atom. The van der Waals surface area contributed by atoms with Crippen LogP contribution >= 0.6 is 11.8 Å². The van der Waals surface area contributed by atoms with Crippen LogP contribution < -0.4 is 15.5 Å². The smallest absolute Gasteiger partial charge is 0.292 e. The zero-order chi connectivity index (χ0) is 19.9. The summed E-state index contributed by atoms with van der Waals surface area (Å²) in [6.07, 6.45) is 0.191. The molecule has 1 aliphatic heterocycles. The summed E-state index contributed by atoms with van der Waals surface area (Å²) >= 11 is 1.50. The van der Waals surface area contributed by atoms with Crippen LogP contribution in [0.4, 0.5) is 17.1 Å². The average Bonchev–Trinajstić information content (AvgIpc) is 2.70. The molecule has 0 bridgehead atoms. The predicted octanol–water partition coefficient (Wildman–Crippen LogP) is 2.65. The summed E-state index contributed by atoms with van der Waals surface area (Å²) in [5.41, 5.74) is 1.25. The molecule has 28 heavy (non-hydrogen) atoms. The zero-order valence-electron chi connectivity index (χ0n) is 15.1. The van der Waals surface area contributed by atoms with Gasteiger partial charge in [0.05, 0.1) is 16.4 Å². The molecule has 0 spiro atoms. The van der Waals surface area contributed by atoms with Crippen LogP contribution in [0.25, 0.3) is 0 Å². The van der Waals surface area contributed by atoms with Crippen molar-refractivity contribution in [2.24, 2.45) is 0 Å². The van der Waals surface area contributed by atoms with Gasteiger partial charge in [-0.2, -0.15) is 0 Å². The molecular formula is C19H20N4O4S. The Morgan fingerprint density at radius 1 is 1.14 bits per heavy atom. The fourth-order valence-electron chi connectivity index (χ4n) is 2.88. The Balaban J connectivity index is 1.45. The van der Waals surface area contributed by atoms with Gasteiger partial charge >= 0.3 is 0 Å². The summed E-state index contributed by atoms with van der Waals surface area (Å²) in [6.45, 7) is 1.00. The molecule has 0 fully saturated rings. The van der Waals surface area contributed by atoms with Crippen LogP contribution in [0.5, 0.6) is 0 Å². The van der Waals surface area contributed by atoms with Crippen molar-refractivity contribution in [1.82, 2.24) is 5.32 Å². The number of nitrogens with one attached hydrogen (secondary N) is 2. The van der Waals surface area contributed by atoms with E-state index in [2.05, 4.69) is 10.6 Å². The molecule has 1 heterocycles. The van der Waals surface area contributed by atoms with Gasteiger partial charge in [0.1, 0.15) is 5.69 Å². The quantitative estimate of drug-likeness (QED) is 0.401. The molecule has 3 rings (SSSR count). The van der Waals surface area contributed by atoms with Crippen molar-refractivity contribution in [2.45, 2.75) is 11.3 Å². The van der Waals surface area contributed by atoms with Crippen LogP contribution in [0.3, 0.4) is 0 Å². The monoisotopic (exact) mass is 400 g/mol. The molecule has 2 N–H and O–H groups in total. The highest BCUT2D eigenvalue weighted by atomic mass is 32.2. The van der Waals surface area contributed by atoms with E-state index in [4.69, 9.17) is 0 Å². The van der Waals surface area contributed by atoms with E-state index in [9.17, 15) is 19.7 Å². The molecule has 0 unspecified atom stereocenters. The summed E-state index contributed by atoms with van der Waals surface area (Å²) in [5.74, 6) is 0.195. The standard InChI is InChI=1S/C19H20N4O4S/c24-18(21-11-10-20-14-5-1-2-6-15(14)23(26)27)9-12-22-16-7-3-4-8-17(16)28-13-19(22)25/h1-8,20H,9-13H2,(H,21,24). The zero-order valence-corrected chi connectivity index (χ0v) is 15.9. The molecule has 0 radical (unpaired) electrons. The van der Waals surface area contributed by atoms with Crippen LogP contribution in [-0.4, -0.2) is 42.1 Å². The number of nitro groups is 1. The van der Waals surface area contributed by atoms with Crippen LogP contribution in [0.15, 0.2) is 53.4 Å². The molecule has 0 atom stereocenters. The second-order valence-electron chi connectivity index (χ2n) is 6.10. The van der Waals surface area contributed by atoms with Crippen molar-refractivity contribution < 1.29 is 14.5 Å². The van der Waals surface area contributed by atoms with Gasteiger partial charge in [-0.05, 0) is 18.2 Å². The molecule has 2 amide bonds. The first kappa shape index (κ1) is 19.7. The first-order valence-electron chi connectivity index (χ1n) is 8.82. The molecule has 1 aliphatic rings. The fraction of sp³-hybridized carbons (Fsp3) is 0.263. The Morgan fingerprint density at radius 3 is 2.71 bits per heavy atom. The fourth-order valence-corrected chi connectivity index (χ4v) is 3.82. The number of carbonyl (C=O) groups excluding carboxylic acids is 2. The van der Waals surface area contributed by atoms with Gasteiger partial charge in [0, 0.05) is 37.0 Å². The number of benzene rings is 2. The number of rotatable bonds is 8. The third-order valence-corrected chi connectivity index (χ3v) is 5.28. The normalized spacial score (nSPS) is 13.0. The van der Waals surface area contributed by atoms with Gasteiger partial charge in [0.25, 0.3) is 5.69 Å². The number of nitro benzene ring substituents is 1. The Bertz CT molecular complexity index is 890. The summed E-state index contributed by atoms with van der Waals surface area (Å²) in [7, 11) is 0. The number of carbonyl (C=O) groups is 2. The molecule has 2 aromatic rings. The minimum Gasteiger partial charge on any atom is -0.378 e. The molecular weight excluding hydrogens is 380 g/mol. The highest BCUT2D eigenvalue weighted by Crippen LogP contribution is 2.34. The minimum absolute atomic E-state index is 0.00504. The topological polar surface area (TPSA) is 105 Å². The molecule has 0 saturated carbocycles. The maximum atomic E-state index is 12.2. The number of fused-ring (bicyclic) bond motifs is 1. The highest BCUT2D eigenvalue weighted by Gasteiger charge is 2.24. The maximum absolute atomic E-state index is 12.2. The van der Waals surface area contributed by atoms with Crippen molar-refractivity contribution >= 4 is 40.6 Å². The van der Waals surface area contributed by atoms with Crippen LogP contribution in [0.1, 0.15) is 6.42 Å². The van der Waals surface area contributed by atoms with Gasteiger partial charge in [0.15, 0.2) is 0 Å². The number of thioether (sulfide) groups is 1. The third kappa shape index (κ3) is 4.80. The van der Waals surface area contributed by atoms with Crippen LogP contribution in [0.2, 0.25) is 0 Å². The molecule has 2 aromatic carbocycles. The lowest BCUT2D eigenvalue weighted by Gasteiger charge is -2.28. The number of nitrogens with zero attached hydrogens (tertiary/aromatic N) is 2. The second kappa shape index (κ2) is 9.23. The van der Waals surface area contributed by atoms with E-state index < -0.39 is 4.92 Å². The molecule has 9 heteroatoms. The summed E-state index contributed by atoms with van der Waals surface area (Å²) < 4.78 is 0. The lowest BCUT2D eigenvalue weighted by Crippen LogP contribution is -2.39. The van der Waals surface area contributed by atoms with Crippen LogP contribution in [-0.2, 0) is 9.59 Å². The number of hydrogen-bond donors (Lipinski definition) is 2. The molecule has 0 aromatic heterocycles. The molecule has 0 saturated heterocycles. The van der Waals surface area contributed by atoms with Crippen molar-refractivity contribution in [3.8, 4) is 0 Å². The minimum atomic E-state index is -0.452. The van der Waals surface area contributed by atoms with Gasteiger partial charge in [-0.15, -0.1) is 11.8 Å². The molecule has 8 nitrogen and oxygen atoms in total. The van der Waals surface area contributed by atoms with Crippen molar-refractivity contribution in [1.29, 1.82) is 0 Å². The van der Waals surface area contributed by atoms with E-state index in [1.54, 1.807) is 23.1 Å². The Labute approximate surface area is 166 Å². The van der Waals surface area contributed by atoms with E-state index in [0.717, 1.165) is 10.6 Å². The van der Waals surface area contributed by atoms with E-state index in [1.165, 1.54) is 17.8 Å². The summed E-state index contributed by atoms with van der Waals surface area (Å²) in [6, 6.07) is 14.0. The number of anilines is 2. The number of amides is 2. The second-order valence-corrected chi connectivity index (χ2v) is 7.12. The molecule has 146 valence electrons. The van der Waals surface area contributed by atoms with E-state index >= 15 is 0 Å². The summed E-state index contributed by atoms with van der Waals surface area (Å²) in [5, 5.41) is 16.7. The first-order valence-corrected chi connectivity index (χ1v) is 9.81. The summed E-state index contributed by atoms with van der Waals surface area (Å²) in [4.78, 5) is 37.5. The average molecular weight is 400 g/mol. The number of hydrogen-bond acceptors (Lipinski definition) is 6. The Hall–Kier alpha value is -3.07. The van der Waals surface area contributed by atoms with Crippen LogP contribution in [0, 0.1) is 10.1 Å². The van der Waals surface area contributed by atoms with Gasteiger partial charge in [-0.25, -0.2) is 0 Å². The van der Waals surface area contributed by atoms with E-state index in [-0.39, 0.29) is 23.9 Å². The van der Waals surface area contributed by atoms with Crippen molar-refractivity contribution in [2.75, 3.05) is 35.6 Å². The van der Waals surface area contributed by atoms with Gasteiger partial charge in [-0.1, -0.05) is 24.3 Å². The first-order chi connectivity index (χ1) is 13.6. The van der Waals surface area contributed by atoms with Gasteiger partial charge in [0.2, 0.25) is 11.8 Å². The van der Waals surface area contributed by atoms with Crippen molar-refractivity contribution in [3.05, 3.63) is 58.6 Å². The van der Waals surface area contributed by atoms with Crippen molar-refractivity contribution in [3.63, 3.8) is 0 Å². The highest BCUT2D eigenvalue weighted by molar-refractivity contribution is 8.00. The third-order valence-electron chi connectivity index (χ3n) is 4.23. The van der Waals surface area contributed by atoms with Gasteiger partial charge in [-0.3, -0.25) is 19.7 Å². The van der Waals surface area contributed by atoms with Gasteiger partial charge < -0.3 is 15.5 Å². The SMILES string of the molecule is O=C(CCN1C(=O)CSc2ccccc21)NCCNc1ccccc1[N+](=O)[O-]. The predicted molar refractivity (Wildman–Crippen MR) is 109 cm³/mol. The maximum Gasteiger partial charge on any atom is 0.292 e. The number of para-hydroxylation sites is 3. The Kier molecular flexibility index (Phi) is 6.49. The van der Waals surface area contributed by atoms with E-state index in [0.29, 0.717) is 31.1 Å². The lowest BCUT2D eigenvalue weighted by atomic mass is 10.2. The van der Waals surface area contributed by atoms with E-state index in [1.807, 2.05) is 24.3 Å². The largest absolute Gasteiger partial charge is 0.378 e. The molecule has 0 aliphatic carbocycles. The lowest BCUT2D eigenvalue weighted by molar-refractivity contribution is -0.384.